The molecule has 0 aromatic heterocycles. The smallest absolute Gasteiger partial charge is 0.313 e. The van der Waals surface area contributed by atoms with Gasteiger partial charge in [-0.1, -0.05) is 55.8 Å². The van der Waals surface area contributed by atoms with Crippen molar-refractivity contribution < 1.29 is 31.5 Å². The molecule has 7 nitrogen and oxygen atoms in total. The van der Waals surface area contributed by atoms with Crippen LogP contribution < -0.4 is 9.46 Å². The molecule has 194 valence electrons. The summed E-state index contributed by atoms with van der Waals surface area (Å²) in [6.45, 7) is 4.10. The molecule has 0 unspecified atom stereocenters. The molecule has 4 rings (SSSR count). The Balaban J connectivity index is 1.80. The summed E-state index contributed by atoms with van der Waals surface area (Å²) in [6, 6.07) is 12.0. The zero-order chi connectivity index (χ0) is 26.9. The summed E-state index contributed by atoms with van der Waals surface area (Å²) in [7, 11) is -4.69. The number of carbonyl (C=O) groups excluding carboxylic acids is 2. The minimum atomic E-state index is -4.69. The van der Waals surface area contributed by atoms with Crippen LogP contribution in [0.25, 0.3) is 11.1 Å². The maximum atomic E-state index is 14.7. The van der Waals surface area contributed by atoms with Gasteiger partial charge in [0.15, 0.2) is 5.75 Å². The van der Waals surface area contributed by atoms with Gasteiger partial charge in [0.25, 0.3) is 15.9 Å². The molecule has 1 aliphatic rings. The maximum Gasteiger partial charge on any atom is 0.313 e. The Kier molecular flexibility index (Phi) is 7.52. The molecule has 0 bridgehead atoms. The molecule has 0 spiro atoms. The number of benzene rings is 3. The Bertz CT molecular complexity index is 1480. The normalized spacial score (nSPS) is 13.3. The van der Waals surface area contributed by atoms with E-state index in [9.17, 15) is 26.8 Å². The van der Waals surface area contributed by atoms with Crippen LogP contribution in [0.15, 0.2) is 59.5 Å². The third kappa shape index (κ3) is 5.60. The van der Waals surface area contributed by atoms with Gasteiger partial charge in [-0.2, -0.15) is 0 Å². The largest absolute Gasteiger partial charge is 0.423 e. The average Bonchev–Trinajstić information content (AvgIpc) is 2.81. The zero-order valence-corrected chi connectivity index (χ0v) is 21.5. The van der Waals surface area contributed by atoms with Crippen molar-refractivity contribution in [2.75, 3.05) is 17.8 Å². The molecule has 0 radical (unpaired) electrons. The number of ether oxygens (including phenoxy) is 1. The monoisotopic (exact) mass is 548 g/mol. The standard InChI is InChI=1S/C26H23ClF2N2O5S/c1-15(2)26(33)36-24-19(27)11-17(25(32)31-9-6-10-31)12-23(24)37(34,35)30-22-13-18(20(28)14-21(22)29)16-7-4-3-5-8-16/h3-5,7-8,11-15,30H,6,9-10H2,1-2H3. The lowest BCUT2D eigenvalue weighted by Crippen LogP contribution is -2.42. The van der Waals surface area contributed by atoms with Gasteiger partial charge >= 0.3 is 5.97 Å². The lowest BCUT2D eigenvalue weighted by molar-refractivity contribution is -0.137. The molecule has 0 aliphatic carbocycles. The number of likely N-dealkylation sites (tertiary alicyclic amines) is 1. The summed E-state index contributed by atoms with van der Waals surface area (Å²) in [5.74, 6) is -4.39. The van der Waals surface area contributed by atoms with Crippen molar-refractivity contribution in [3.8, 4) is 16.9 Å². The van der Waals surface area contributed by atoms with E-state index in [1.807, 2.05) is 0 Å². The molecule has 3 aromatic rings. The predicted octanol–water partition coefficient (Wildman–Crippen LogP) is 5.49. The van der Waals surface area contributed by atoms with Crippen LogP contribution in [0.3, 0.4) is 0 Å². The minimum Gasteiger partial charge on any atom is -0.423 e. The number of halogens is 3. The number of rotatable bonds is 7. The van der Waals surface area contributed by atoms with Crippen molar-refractivity contribution in [2.45, 2.75) is 25.2 Å². The number of anilines is 1. The summed E-state index contributed by atoms with van der Waals surface area (Å²) in [5, 5.41) is -0.287. The lowest BCUT2D eigenvalue weighted by atomic mass is 10.0. The molecular weight excluding hydrogens is 526 g/mol. The Morgan fingerprint density at radius 2 is 1.70 bits per heavy atom. The third-order valence-electron chi connectivity index (χ3n) is 5.75. The van der Waals surface area contributed by atoms with Gasteiger partial charge in [0.05, 0.1) is 16.6 Å². The third-order valence-corrected chi connectivity index (χ3v) is 7.40. The average molecular weight is 549 g/mol. The molecule has 1 amide bonds. The van der Waals surface area contributed by atoms with Crippen LogP contribution in [0, 0.1) is 17.6 Å². The number of carbonyl (C=O) groups is 2. The van der Waals surface area contributed by atoms with Gasteiger partial charge < -0.3 is 9.64 Å². The molecule has 1 fully saturated rings. The van der Waals surface area contributed by atoms with Crippen molar-refractivity contribution in [3.63, 3.8) is 0 Å². The summed E-state index contributed by atoms with van der Waals surface area (Å²) < 4.78 is 63.6. The van der Waals surface area contributed by atoms with E-state index in [0.717, 1.165) is 18.6 Å². The predicted molar refractivity (Wildman–Crippen MR) is 135 cm³/mol. The molecule has 0 saturated carbocycles. The summed E-state index contributed by atoms with van der Waals surface area (Å²) in [4.78, 5) is 26.0. The molecule has 37 heavy (non-hydrogen) atoms. The van der Waals surface area contributed by atoms with Crippen LogP contribution >= 0.6 is 11.6 Å². The summed E-state index contributed by atoms with van der Waals surface area (Å²) in [5.41, 5.74) is -0.223. The van der Waals surface area contributed by atoms with Gasteiger partial charge in [-0.25, -0.2) is 17.2 Å². The van der Waals surface area contributed by atoms with Crippen LogP contribution in [0.1, 0.15) is 30.6 Å². The quantitative estimate of drug-likeness (QED) is 0.311. The van der Waals surface area contributed by atoms with Crippen molar-refractivity contribution in [1.82, 2.24) is 4.90 Å². The van der Waals surface area contributed by atoms with Crippen LogP contribution in [-0.4, -0.2) is 38.3 Å². The fourth-order valence-corrected chi connectivity index (χ4v) is 5.12. The number of sulfonamides is 1. The summed E-state index contributed by atoms with van der Waals surface area (Å²) >= 11 is 6.30. The van der Waals surface area contributed by atoms with E-state index in [-0.39, 0.29) is 16.1 Å². The molecular formula is C26H23ClF2N2O5S. The Morgan fingerprint density at radius 3 is 2.30 bits per heavy atom. The zero-order valence-electron chi connectivity index (χ0n) is 19.9. The number of nitrogens with one attached hydrogen (secondary N) is 1. The Hall–Kier alpha value is -3.50. The molecule has 1 heterocycles. The number of esters is 1. The van der Waals surface area contributed by atoms with Gasteiger partial charge in [0.1, 0.15) is 16.5 Å². The van der Waals surface area contributed by atoms with Crippen LogP contribution in [0.2, 0.25) is 5.02 Å². The van der Waals surface area contributed by atoms with Gasteiger partial charge in [0, 0.05) is 30.3 Å². The highest BCUT2D eigenvalue weighted by Gasteiger charge is 2.30. The first-order valence-corrected chi connectivity index (χ1v) is 13.3. The molecule has 0 atom stereocenters. The van der Waals surface area contributed by atoms with E-state index < -0.39 is 55.8 Å². The molecule has 1 aliphatic heterocycles. The highest BCUT2D eigenvalue weighted by molar-refractivity contribution is 7.92. The Morgan fingerprint density at radius 1 is 1.03 bits per heavy atom. The molecule has 1 N–H and O–H groups in total. The van der Waals surface area contributed by atoms with Gasteiger partial charge in [-0.3, -0.25) is 14.3 Å². The number of nitrogens with zero attached hydrogens (tertiary/aromatic N) is 1. The second-order valence-corrected chi connectivity index (χ2v) is 10.8. The number of hydrogen-bond acceptors (Lipinski definition) is 5. The highest BCUT2D eigenvalue weighted by Crippen LogP contribution is 2.37. The first-order chi connectivity index (χ1) is 17.5. The van der Waals surface area contributed by atoms with Crippen molar-refractivity contribution in [3.05, 3.63) is 76.8 Å². The summed E-state index contributed by atoms with van der Waals surface area (Å²) in [6.07, 6.45) is 0.809. The second kappa shape index (κ2) is 10.5. The molecule has 3 aromatic carbocycles. The first kappa shape index (κ1) is 26.6. The van der Waals surface area contributed by atoms with Crippen molar-refractivity contribution in [2.24, 2.45) is 5.92 Å². The van der Waals surface area contributed by atoms with E-state index in [2.05, 4.69) is 4.72 Å². The van der Waals surface area contributed by atoms with Gasteiger partial charge in [0.2, 0.25) is 0 Å². The van der Waals surface area contributed by atoms with E-state index in [1.165, 1.54) is 11.0 Å². The minimum absolute atomic E-state index is 0.0362. The highest BCUT2D eigenvalue weighted by atomic mass is 35.5. The van der Waals surface area contributed by atoms with Crippen LogP contribution in [0.4, 0.5) is 14.5 Å². The van der Waals surface area contributed by atoms with Crippen molar-refractivity contribution in [1.29, 1.82) is 0 Å². The van der Waals surface area contributed by atoms with E-state index in [0.29, 0.717) is 24.7 Å². The van der Waals surface area contributed by atoms with Crippen LogP contribution in [-0.2, 0) is 14.8 Å². The molecule has 1 saturated heterocycles. The fourth-order valence-electron chi connectivity index (χ4n) is 3.58. The molecule has 11 heteroatoms. The second-order valence-electron chi connectivity index (χ2n) is 8.79. The van der Waals surface area contributed by atoms with Gasteiger partial charge in [-0.05, 0) is 30.2 Å². The number of hydrogen-bond donors (Lipinski definition) is 1. The SMILES string of the molecule is CC(C)C(=O)Oc1c(Cl)cc(C(=O)N2CCC2)cc1S(=O)(=O)Nc1cc(-c2ccccc2)c(F)cc1F. The van der Waals surface area contributed by atoms with Gasteiger partial charge in [-0.15, -0.1) is 0 Å². The topological polar surface area (TPSA) is 92.8 Å². The first-order valence-electron chi connectivity index (χ1n) is 11.4. The van der Waals surface area contributed by atoms with Crippen LogP contribution in [0.5, 0.6) is 5.75 Å². The Labute approximate surface area is 218 Å². The van der Waals surface area contributed by atoms with E-state index in [4.69, 9.17) is 16.3 Å². The van der Waals surface area contributed by atoms with E-state index >= 15 is 0 Å². The number of amides is 1. The fraction of sp³-hybridized carbons (Fsp3) is 0.231. The maximum absolute atomic E-state index is 14.7. The van der Waals surface area contributed by atoms with Crippen molar-refractivity contribution >= 4 is 39.2 Å². The van der Waals surface area contributed by atoms with E-state index in [1.54, 1.807) is 44.2 Å². The lowest BCUT2D eigenvalue weighted by Gasteiger charge is -2.31.